The molecule has 0 spiro atoms. The number of unbranched alkanes of at least 4 members (excludes halogenated alkanes) is 8. The highest BCUT2D eigenvalue weighted by molar-refractivity contribution is 4.61. The second kappa shape index (κ2) is 14.0. The van der Waals surface area contributed by atoms with Crippen molar-refractivity contribution in [1.29, 1.82) is 0 Å². The van der Waals surface area contributed by atoms with Crippen LogP contribution in [0.25, 0.3) is 0 Å². The molecule has 0 aliphatic rings. The monoisotopic (exact) mass is 242 g/mol. The van der Waals surface area contributed by atoms with Gasteiger partial charge in [-0.05, 0) is 25.8 Å². The predicted molar refractivity (Wildman–Crippen MR) is 78.1 cm³/mol. The normalized spacial score (nSPS) is 12.9. The lowest BCUT2D eigenvalue weighted by molar-refractivity contribution is 0.487. The van der Waals surface area contributed by atoms with E-state index < -0.39 is 0 Å². The first-order valence-corrected chi connectivity index (χ1v) is 7.77. The van der Waals surface area contributed by atoms with E-state index in [2.05, 4.69) is 6.92 Å². The van der Waals surface area contributed by atoms with Crippen LogP contribution in [0.15, 0.2) is 0 Å². The molecule has 0 saturated heterocycles. The lowest BCUT2D eigenvalue weighted by Gasteiger charge is -2.10. The highest BCUT2D eigenvalue weighted by Crippen LogP contribution is 2.11. The van der Waals surface area contributed by atoms with Gasteiger partial charge in [0.1, 0.15) is 0 Å². The Labute approximate surface area is 109 Å². The summed E-state index contributed by atoms with van der Waals surface area (Å²) < 4.78 is 0. The Hall–Kier alpha value is -0.0800. The fourth-order valence-electron chi connectivity index (χ4n) is 2.24. The molecule has 0 aliphatic heterocycles. The van der Waals surface area contributed by atoms with Crippen molar-refractivity contribution in [2.45, 2.75) is 90.0 Å². The third-order valence-electron chi connectivity index (χ3n) is 3.46. The molecule has 0 radical (unpaired) electrons. The van der Waals surface area contributed by atoms with Crippen molar-refractivity contribution in [3.05, 3.63) is 0 Å². The average molecular weight is 242 g/mol. The van der Waals surface area contributed by atoms with Crippen LogP contribution in [0.1, 0.15) is 84.0 Å². The molecule has 0 bridgehead atoms. The average Bonchev–Trinajstić information content (AvgIpc) is 2.33. The maximum Gasteiger partial charge on any atom is 0.00388 e. The first kappa shape index (κ1) is 16.9. The largest absolute Gasteiger partial charge is 0.330 e. The van der Waals surface area contributed by atoms with E-state index in [1.54, 1.807) is 0 Å². The minimum Gasteiger partial charge on any atom is -0.330 e. The first-order valence-electron chi connectivity index (χ1n) is 7.77. The van der Waals surface area contributed by atoms with Crippen LogP contribution in [0, 0.1) is 0 Å². The summed E-state index contributed by atoms with van der Waals surface area (Å²) in [7, 11) is 0. The van der Waals surface area contributed by atoms with Crippen molar-refractivity contribution in [1.82, 2.24) is 0 Å². The van der Waals surface area contributed by atoms with E-state index in [1.807, 2.05) is 0 Å². The quantitative estimate of drug-likeness (QED) is 0.480. The van der Waals surface area contributed by atoms with Crippen LogP contribution in [0.5, 0.6) is 0 Å². The van der Waals surface area contributed by atoms with Crippen molar-refractivity contribution in [2.24, 2.45) is 11.5 Å². The van der Waals surface area contributed by atoms with Crippen LogP contribution < -0.4 is 11.5 Å². The standard InChI is InChI=1S/C15H34N2/c1-2-3-4-9-12-15(17)13-10-7-5-6-8-11-14-16/h15H,2-14,16-17H2,1H3. The van der Waals surface area contributed by atoms with Crippen molar-refractivity contribution in [2.75, 3.05) is 6.54 Å². The predicted octanol–water partition coefficient (Wildman–Crippen LogP) is 3.97. The molecule has 17 heavy (non-hydrogen) atoms. The van der Waals surface area contributed by atoms with Crippen molar-refractivity contribution in [3.63, 3.8) is 0 Å². The summed E-state index contributed by atoms with van der Waals surface area (Å²) in [6, 6.07) is 0.455. The van der Waals surface area contributed by atoms with Gasteiger partial charge < -0.3 is 11.5 Å². The van der Waals surface area contributed by atoms with E-state index in [1.165, 1.54) is 77.0 Å². The molecule has 0 aromatic carbocycles. The van der Waals surface area contributed by atoms with E-state index in [-0.39, 0.29) is 0 Å². The summed E-state index contributed by atoms with van der Waals surface area (Å²) in [5, 5.41) is 0. The van der Waals surface area contributed by atoms with Crippen molar-refractivity contribution >= 4 is 0 Å². The lowest BCUT2D eigenvalue weighted by Crippen LogP contribution is -2.19. The van der Waals surface area contributed by atoms with Gasteiger partial charge in [-0.2, -0.15) is 0 Å². The van der Waals surface area contributed by atoms with Gasteiger partial charge >= 0.3 is 0 Å². The second-order valence-electron chi connectivity index (χ2n) is 5.31. The van der Waals surface area contributed by atoms with E-state index in [0.29, 0.717) is 6.04 Å². The summed E-state index contributed by atoms with van der Waals surface area (Å²) in [5.74, 6) is 0. The topological polar surface area (TPSA) is 52.0 Å². The van der Waals surface area contributed by atoms with Gasteiger partial charge in [-0.3, -0.25) is 0 Å². The lowest BCUT2D eigenvalue weighted by atomic mass is 10.0. The third-order valence-corrected chi connectivity index (χ3v) is 3.46. The van der Waals surface area contributed by atoms with E-state index in [0.717, 1.165) is 6.54 Å². The Morgan fingerprint density at radius 2 is 1.18 bits per heavy atom. The van der Waals surface area contributed by atoms with Crippen LogP contribution >= 0.6 is 0 Å². The Balaban J connectivity index is 3.08. The van der Waals surface area contributed by atoms with Crippen LogP contribution in [0.2, 0.25) is 0 Å². The summed E-state index contributed by atoms with van der Waals surface area (Å²) in [6.45, 7) is 3.10. The van der Waals surface area contributed by atoms with Gasteiger partial charge in [-0.1, -0.05) is 64.7 Å². The zero-order chi connectivity index (χ0) is 12.8. The Bertz CT molecular complexity index is 137. The summed E-state index contributed by atoms with van der Waals surface area (Å²) in [4.78, 5) is 0. The van der Waals surface area contributed by atoms with Crippen LogP contribution in [0.4, 0.5) is 0 Å². The molecule has 1 atom stereocenters. The molecule has 4 N–H and O–H groups in total. The van der Waals surface area contributed by atoms with Crippen LogP contribution in [-0.2, 0) is 0 Å². The Morgan fingerprint density at radius 1 is 0.706 bits per heavy atom. The van der Waals surface area contributed by atoms with Crippen molar-refractivity contribution in [3.8, 4) is 0 Å². The highest BCUT2D eigenvalue weighted by Gasteiger charge is 2.01. The highest BCUT2D eigenvalue weighted by atomic mass is 14.6. The van der Waals surface area contributed by atoms with Gasteiger partial charge in [0.25, 0.3) is 0 Å². The molecular formula is C15H34N2. The van der Waals surface area contributed by atoms with Gasteiger partial charge in [0.05, 0.1) is 0 Å². The summed E-state index contributed by atoms with van der Waals surface area (Å²) in [5.41, 5.74) is 11.6. The molecule has 0 heterocycles. The van der Waals surface area contributed by atoms with E-state index in [4.69, 9.17) is 11.5 Å². The maximum absolute atomic E-state index is 6.10. The molecule has 0 fully saturated rings. The molecule has 0 aromatic heterocycles. The zero-order valence-corrected chi connectivity index (χ0v) is 11.9. The first-order chi connectivity index (χ1) is 8.31. The van der Waals surface area contributed by atoms with Gasteiger partial charge in [-0.25, -0.2) is 0 Å². The van der Waals surface area contributed by atoms with Gasteiger partial charge in [0, 0.05) is 6.04 Å². The SMILES string of the molecule is CCCCCCC(N)CCCCCCCCN. The molecule has 0 saturated carbocycles. The van der Waals surface area contributed by atoms with E-state index >= 15 is 0 Å². The third kappa shape index (κ3) is 13.9. The summed E-state index contributed by atoms with van der Waals surface area (Å²) >= 11 is 0. The Morgan fingerprint density at radius 3 is 1.71 bits per heavy atom. The zero-order valence-electron chi connectivity index (χ0n) is 11.9. The number of nitrogens with two attached hydrogens (primary N) is 2. The second-order valence-corrected chi connectivity index (χ2v) is 5.31. The molecule has 2 heteroatoms. The number of hydrogen-bond acceptors (Lipinski definition) is 2. The van der Waals surface area contributed by atoms with Gasteiger partial charge in [0.15, 0.2) is 0 Å². The fraction of sp³-hybridized carbons (Fsp3) is 1.00. The maximum atomic E-state index is 6.10. The number of rotatable bonds is 13. The van der Waals surface area contributed by atoms with Crippen LogP contribution in [-0.4, -0.2) is 12.6 Å². The smallest absolute Gasteiger partial charge is 0.00388 e. The molecule has 0 aliphatic carbocycles. The van der Waals surface area contributed by atoms with E-state index in [9.17, 15) is 0 Å². The molecular weight excluding hydrogens is 208 g/mol. The fourth-order valence-corrected chi connectivity index (χ4v) is 2.24. The molecule has 0 aromatic rings. The van der Waals surface area contributed by atoms with Gasteiger partial charge in [0.2, 0.25) is 0 Å². The van der Waals surface area contributed by atoms with Crippen LogP contribution in [0.3, 0.4) is 0 Å². The molecule has 0 rings (SSSR count). The molecule has 104 valence electrons. The van der Waals surface area contributed by atoms with Gasteiger partial charge in [-0.15, -0.1) is 0 Å². The summed E-state index contributed by atoms with van der Waals surface area (Å²) in [6.07, 6.45) is 15.7. The molecule has 2 nitrogen and oxygen atoms in total. The van der Waals surface area contributed by atoms with Crippen molar-refractivity contribution < 1.29 is 0 Å². The Kier molecular flexibility index (Phi) is 13.9. The minimum atomic E-state index is 0.455. The molecule has 0 amide bonds. The molecule has 1 unspecified atom stereocenters. The number of hydrogen-bond donors (Lipinski definition) is 2. The minimum absolute atomic E-state index is 0.455.